The number of aliphatic imine (C=N–C) groups is 1. The molecule has 8 nitrogen and oxygen atoms in total. The Hall–Kier alpha value is -3.59. The van der Waals surface area contributed by atoms with Gasteiger partial charge in [0.15, 0.2) is 0 Å². The zero-order valence-electron chi connectivity index (χ0n) is 23.7. The van der Waals surface area contributed by atoms with Crippen LogP contribution < -0.4 is 10.0 Å². The fourth-order valence-electron chi connectivity index (χ4n) is 5.52. The number of rotatable bonds is 10. The van der Waals surface area contributed by atoms with E-state index in [0.717, 1.165) is 83.6 Å². The maximum atomic E-state index is 13.6. The van der Waals surface area contributed by atoms with Gasteiger partial charge in [-0.2, -0.15) is 0 Å². The number of aromatic nitrogens is 1. The Morgan fingerprint density at radius 2 is 1.90 bits per heavy atom. The Kier molecular flexibility index (Phi) is 8.30. The first-order chi connectivity index (χ1) is 19.4. The number of amidine groups is 1. The number of amides is 2. The number of nitrogens with zero attached hydrogens (tertiary/aromatic N) is 3. The van der Waals surface area contributed by atoms with Crippen LogP contribution in [-0.4, -0.2) is 40.3 Å². The number of nitrogens with one attached hydrogen (secondary N) is 2. The van der Waals surface area contributed by atoms with Crippen LogP contribution in [-0.2, 0) is 11.3 Å². The maximum Gasteiger partial charge on any atom is 0.256 e. The van der Waals surface area contributed by atoms with Gasteiger partial charge in [0, 0.05) is 29.5 Å². The van der Waals surface area contributed by atoms with E-state index in [1.54, 1.807) is 7.05 Å². The molecule has 2 heterocycles. The van der Waals surface area contributed by atoms with E-state index in [4.69, 9.17) is 9.52 Å². The van der Waals surface area contributed by atoms with Crippen LogP contribution in [0.3, 0.4) is 0 Å². The Labute approximate surface area is 240 Å². The van der Waals surface area contributed by atoms with Gasteiger partial charge in [0.05, 0.1) is 12.2 Å². The molecule has 3 aromatic rings. The van der Waals surface area contributed by atoms with Crippen molar-refractivity contribution in [2.75, 3.05) is 11.8 Å². The van der Waals surface area contributed by atoms with Crippen molar-refractivity contribution in [1.29, 1.82) is 0 Å². The summed E-state index contributed by atoms with van der Waals surface area (Å²) in [6, 6.07) is 13.9. The number of aryl methyl sites for hydroxylation is 1. The molecule has 1 spiro atoms. The van der Waals surface area contributed by atoms with Gasteiger partial charge in [-0.05, 0) is 73.9 Å². The molecule has 0 saturated heterocycles. The Morgan fingerprint density at radius 3 is 2.60 bits per heavy atom. The van der Waals surface area contributed by atoms with Crippen molar-refractivity contribution in [2.24, 2.45) is 4.99 Å². The normalized spacial score (nSPS) is 16.1. The summed E-state index contributed by atoms with van der Waals surface area (Å²) >= 11 is 1.42. The van der Waals surface area contributed by atoms with Gasteiger partial charge in [-0.15, -0.1) is 0 Å². The van der Waals surface area contributed by atoms with Crippen LogP contribution in [0.15, 0.2) is 56.9 Å². The topological polar surface area (TPSA) is 99.8 Å². The first-order valence-electron chi connectivity index (χ1n) is 14.1. The molecule has 2 amide bonds. The second kappa shape index (κ2) is 11.9. The Balaban J connectivity index is 1.44. The number of anilines is 1. The predicted molar refractivity (Wildman–Crippen MR) is 159 cm³/mol. The molecule has 1 fully saturated rings. The number of hydrogen-bond donors (Lipinski definition) is 2. The third-order valence-corrected chi connectivity index (χ3v) is 8.83. The third kappa shape index (κ3) is 5.39. The van der Waals surface area contributed by atoms with Gasteiger partial charge in [0.25, 0.3) is 11.8 Å². The molecule has 0 bridgehead atoms. The lowest BCUT2D eigenvalue weighted by molar-refractivity contribution is -0.131. The first-order valence-corrected chi connectivity index (χ1v) is 14.9. The summed E-state index contributed by atoms with van der Waals surface area (Å²) in [5.41, 5.74) is 4.44. The van der Waals surface area contributed by atoms with Gasteiger partial charge in [-0.1, -0.05) is 61.7 Å². The van der Waals surface area contributed by atoms with Gasteiger partial charge >= 0.3 is 0 Å². The minimum absolute atomic E-state index is 0.118. The van der Waals surface area contributed by atoms with Gasteiger partial charge in [-0.25, -0.2) is 0 Å². The van der Waals surface area contributed by atoms with E-state index >= 15 is 0 Å². The molecule has 2 aliphatic rings. The molecule has 2 aromatic carbocycles. The quantitative estimate of drug-likeness (QED) is 0.269. The van der Waals surface area contributed by atoms with Crippen LogP contribution in [0.2, 0.25) is 0 Å². The van der Waals surface area contributed by atoms with Crippen molar-refractivity contribution in [3.8, 4) is 11.1 Å². The SMILES string of the molecule is CCCCC1=NC2(CCCC2)C(=O)N1Cc1ccc(-c2ccccc2SNc2onc(C)c2C)c(C(=O)NC)c1. The molecule has 1 aromatic heterocycles. The monoisotopic (exact) mass is 559 g/mol. The fourth-order valence-corrected chi connectivity index (χ4v) is 6.35. The van der Waals surface area contributed by atoms with E-state index in [-0.39, 0.29) is 11.8 Å². The second-order valence-corrected chi connectivity index (χ2v) is 11.5. The fraction of sp³-hybridized carbons (Fsp3) is 0.419. The third-order valence-electron chi connectivity index (χ3n) is 7.97. The minimum Gasteiger partial charge on any atom is -0.355 e. The summed E-state index contributed by atoms with van der Waals surface area (Å²) in [5, 5.41) is 6.82. The zero-order valence-corrected chi connectivity index (χ0v) is 24.5. The highest BCUT2D eigenvalue weighted by atomic mass is 32.2. The highest BCUT2D eigenvalue weighted by Crippen LogP contribution is 2.41. The molecule has 9 heteroatoms. The lowest BCUT2D eigenvalue weighted by atomic mass is 9.95. The maximum absolute atomic E-state index is 13.6. The summed E-state index contributed by atoms with van der Waals surface area (Å²) in [6.07, 6.45) is 6.59. The second-order valence-electron chi connectivity index (χ2n) is 10.6. The van der Waals surface area contributed by atoms with Crippen molar-refractivity contribution < 1.29 is 14.1 Å². The van der Waals surface area contributed by atoms with Crippen molar-refractivity contribution in [2.45, 2.75) is 82.7 Å². The Bertz CT molecular complexity index is 1440. The number of hydrogen-bond acceptors (Lipinski definition) is 7. The van der Waals surface area contributed by atoms with Gasteiger partial charge < -0.3 is 9.84 Å². The molecule has 210 valence electrons. The van der Waals surface area contributed by atoms with Gasteiger partial charge in [-0.3, -0.25) is 24.2 Å². The molecule has 0 unspecified atom stereocenters. The molecule has 0 radical (unpaired) electrons. The summed E-state index contributed by atoms with van der Waals surface area (Å²) in [7, 11) is 1.64. The highest BCUT2D eigenvalue weighted by molar-refractivity contribution is 8.00. The average molecular weight is 560 g/mol. The van der Waals surface area contributed by atoms with Gasteiger partial charge in [0.1, 0.15) is 11.4 Å². The molecule has 1 saturated carbocycles. The number of carbonyl (C=O) groups excluding carboxylic acids is 2. The lowest BCUT2D eigenvalue weighted by Gasteiger charge is -2.23. The summed E-state index contributed by atoms with van der Waals surface area (Å²) in [5.74, 6) is 1.44. The molecule has 1 aliphatic carbocycles. The van der Waals surface area contributed by atoms with Crippen molar-refractivity contribution in [3.63, 3.8) is 0 Å². The van der Waals surface area contributed by atoms with E-state index in [1.165, 1.54) is 11.9 Å². The molecule has 2 N–H and O–H groups in total. The molecular formula is C31H37N5O3S. The van der Waals surface area contributed by atoms with E-state index in [1.807, 2.05) is 61.2 Å². The molecule has 5 rings (SSSR count). The summed E-state index contributed by atoms with van der Waals surface area (Å²) in [6.45, 7) is 6.43. The van der Waals surface area contributed by atoms with E-state index in [9.17, 15) is 9.59 Å². The summed E-state index contributed by atoms with van der Waals surface area (Å²) < 4.78 is 8.67. The smallest absolute Gasteiger partial charge is 0.256 e. The average Bonchev–Trinajstić information content (AvgIpc) is 3.65. The largest absolute Gasteiger partial charge is 0.355 e. The lowest BCUT2D eigenvalue weighted by Crippen LogP contribution is -2.40. The first kappa shape index (κ1) is 28.0. The molecule has 1 aliphatic heterocycles. The molecule has 0 atom stereocenters. The van der Waals surface area contributed by atoms with Crippen molar-refractivity contribution >= 4 is 35.5 Å². The number of benzene rings is 2. The minimum atomic E-state index is -0.573. The van der Waals surface area contributed by atoms with E-state index in [0.29, 0.717) is 18.0 Å². The van der Waals surface area contributed by atoms with Crippen molar-refractivity contribution in [3.05, 3.63) is 64.8 Å². The van der Waals surface area contributed by atoms with Crippen LogP contribution >= 0.6 is 11.9 Å². The van der Waals surface area contributed by atoms with Crippen LogP contribution in [0.5, 0.6) is 0 Å². The van der Waals surface area contributed by atoms with Crippen LogP contribution in [0.4, 0.5) is 5.88 Å². The molecular weight excluding hydrogens is 522 g/mol. The standard InChI is InChI=1S/C31H37N5O3S/c1-5-6-13-27-33-31(16-9-10-17-31)30(38)36(27)19-22-14-15-23(25(18-22)28(37)32-4)24-11-7-8-12-26(24)40-35-29-20(2)21(3)34-39-29/h7-8,11-12,14-15,18,35H,5-6,9-10,13,16-17,19H2,1-4H3,(H,32,37). The zero-order chi connectivity index (χ0) is 28.3. The van der Waals surface area contributed by atoms with Crippen LogP contribution in [0.1, 0.15) is 79.0 Å². The number of unbranched alkanes of at least 4 members (excludes halogenated alkanes) is 1. The van der Waals surface area contributed by atoms with Crippen molar-refractivity contribution in [1.82, 2.24) is 15.4 Å². The van der Waals surface area contributed by atoms with E-state index in [2.05, 4.69) is 22.1 Å². The molecule has 40 heavy (non-hydrogen) atoms. The van der Waals surface area contributed by atoms with Crippen LogP contribution in [0.25, 0.3) is 11.1 Å². The summed E-state index contributed by atoms with van der Waals surface area (Å²) in [4.78, 5) is 34.6. The van der Waals surface area contributed by atoms with E-state index < -0.39 is 5.54 Å². The van der Waals surface area contributed by atoms with Gasteiger partial charge in [0.2, 0.25) is 5.88 Å². The highest BCUT2D eigenvalue weighted by Gasteiger charge is 2.49. The predicted octanol–water partition coefficient (Wildman–Crippen LogP) is 6.68. The van der Waals surface area contributed by atoms with Crippen LogP contribution in [0, 0.1) is 13.8 Å². The number of carbonyl (C=O) groups is 2. The Morgan fingerprint density at radius 1 is 1.12 bits per heavy atom.